The molecule has 4 nitrogen and oxygen atoms in total. The first-order chi connectivity index (χ1) is 10.9. The number of likely N-dealkylation sites (tertiary alicyclic amines) is 1. The Balaban J connectivity index is 1.30. The second-order valence-electron chi connectivity index (χ2n) is 6.43. The topological polar surface area (TPSA) is 34.6 Å². The minimum atomic E-state index is 0.343. The van der Waals surface area contributed by atoms with E-state index in [1.807, 2.05) is 12.3 Å². The maximum absolute atomic E-state index is 6.07. The van der Waals surface area contributed by atoms with Gasteiger partial charge in [0.25, 0.3) is 0 Å². The van der Waals surface area contributed by atoms with Gasteiger partial charge < -0.3 is 14.4 Å². The number of piperidine rings is 1. The van der Waals surface area contributed by atoms with Crippen LogP contribution in [-0.4, -0.2) is 54.9 Å². The first-order valence-electron chi connectivity index (χ1n) is 8.75. The van der Waals surface area contributed by atoms with Crippen LogP contribution in [0.4, 0.5) is 0 Å². The average Bonchev–Trinajstić information content (AvgIpc) is 2.61. The molecule has 2 aliphatic heterocycles. The van der Waals surface area contributed by atoms with E-state index >= 15 is 0 Å². The summed E-state index contributed by atoms with van der Waals surface area (Å²) in [6, 6.07) is 6.15. The molecule has 2 aliphatic rings. The van der Waals surface area contributed by atoms with Crippen molar-refractivity contribution >= 4 is 0 Å². The summed E-state index contributed by atoms with van der Waals surface area (Å²) in [5.41, 5.74) is 1.19. The van der Waals surface area contributed by atoms with E-state index in [1.165, 1.54) is 25.0 Å². The van der Waals surface area contributed by atoms with Gasteiger partial charge in [0.2, 0.25) is 0 Å². The minimum Gasteiger partial charge on any atom is -0.376 e. The Kier molecular flexibility index (Phi) is 6.22. The second-order valence-corrected chi connectivity index (χ2v) is 6.43. The summed E-state index contributed by atoms with van der Waals surface area (Å²) in [6.07, 6.45) is 9.66. The van der Waals surface area contributed by atoms with E-state index in [9.17, 15) is 0 Å². The van der Waals surface area contributed by atoms with Gasteiger partial charge in [0.1, 0.15) is 0 Å². The van der Waals surface area contributed by atoms with Crippen molar-refractivity contribution < 1.29 is 9.47 Å². The average molecular weight is 304 g/mol. The highest BCUT2D eigenvalue weighted by atomic mass is 16.5. The van der Waals surface area contributed by atoms with Gasteiger partial charge in [0.15, 0.2) is 0 Å². The van der Waals surface area contributed by atoms with Gasteiger partial charge >= 0.3 is 0 Å². The molecule has 0 aliphatic carbocycles. The van der Waals surface area contributed by atoms with Crippen molar-refractivity contribution in [3.8, 4) is 0 Å². The van der Waals surface area contributed by atoms with Crippen molar-refractivity contribution in [2.24, 2.45) is 0 Å². The molecule has 1 aromatic heterocycles. The molecule has 1 atom stereocenters. The minimum absolute atomic E-state index is 0.343. The maximum Gasteiger partial charge on any atom is 0.0808 e. The van der Waals surface area contributed by atoms with E-state index in [-0.39, 0.29) is 0 Å². The molecule has 0 N–H and O–H groups in total. The third kappa shape index (κ3) is 5.04. The maximum atomic E-state index is 6.07. The van der Waals surface area contributed by atoms with E-state index in [4.69, 9.17) is 9.47 Å². The van der Waals surface area contributed by atoms with E-state index in [0.29, 0.717) is 12.2 Å². The molecule has 2 saturated heterocycles. The Morgan fingerprint density at radius 1 is 1.18 bits per heavy atom. The fourth-order valence-corrected chi connectivity index (χ4v) is 3.30. The smallest absolute Gasteiger partial charge is 0.0808 e. The van der Waals surface area contributed by atoms with Gasteiger partial charge in [-0.05, 0) is 44.2 Å². The van der Waals surface area contributed by atoms with E-state index in [0.717, 1.165) is 52.1 Å². The van der Waals surface area contributed by atoms with E-state index in [2.05, 4.69) is 22.0 Å². The highest BCUT2D eigenvalue weighted by molar-refractivity contribution is 5.03. The quantitative estimate of drug-likeness (QED) is 0.809. The van der Waals surface area contributed by atoms with Gasteiger partial charge in [-0.3, -0.25) is 4.98 Å². The lowest BCUT2D eigenvalue weighted by atomic mass is 10.1. The molecule has 0 spiro atoms. The van der Waals surface area contributed by atoms with Crippen LogP contribution < -0.4 is 0 Å². The van der Waals surface area contributed by atoms with Crippen molar-refractivity contribution in [1.29, 1.82) is 0 Å². The Morgan fingerprint density at radius 2 is 2.09 bits per heavy atom. The van der Waals surface area contributed by atoms with Gasteiger partial charge in [0.05, 0.1) is 18.8 Å². The summed E-state index contributed by atoms with van der Waals surface area (Å²) in [4.78, 5) is 6.93. The molecule has 1 aromatic rings. The molecular weight excluding hydrogens is 276 g/mol. The van der Waals surface area contributed by atoms with E-state index in [1.54, 1.807) is 0 Å². The lowest BCUT2D eigenvalue weighted by Crippen LogP contribution is -2.39. The number of rotatable bonds is 6. The van der Waals surface area contributed by atoms with Gasteiger partial charge in [0, 0.05) is 44.6 Å². The molecule has 3 heterocycles. The zero-order valence-corrected chi connectivity index (χ0v) is 13.5. The van der Waals surface area contributed by atoms with Crippen LogP contribution in [0.15, 0.2) is 24.4 Å². The van der Waals surface area contributed by atoms with Crippen LogP contribution in [0.5, 0.6) is 0 Å². The second kappa shape index (κ2) is 8.61. The standard InChI is InChI=1S/C18H28N2O2/c1-3-10-19-16(5-1)7-11-20-12-8-17(9-13-20)22-15-18-6-2-4-14-21-18/h1,3,5,10,17-18H,2,4,6-9,11-15H2. The molecule has 0 radical (unpaired) electrons. The van der Waals surface area contributed by atoms with Crippen LogP contribution in [0.1, 0.15) is 37.8 Å². The van der Waals surface area contributed by atoms with Crippen molar-refractivity contribution in [3.05, 3.63) is 30.1 Å². The summed E-state index contributed by atoms with van der Waals surface area (Å²) in [7, 11) is 0. The van der Waals surface area contributed by atoms with Crippen LogP contribution in [-0.2, 0) is 15.9 Å². The van der Waals surface area contributed by atoms with E-state index < -0.39 is 0 Å². The molecule has 0 aromatic carbocycles. The summed E-state index contributed by atoms with van der Waals surface area (Å²) in [5.74, 6) is 0. The fraction of sp³-hybridized carbons (Fsp3) is 0.722. The number of hydrogen-bond acceptors (Lipinski definition) is 4. The van der Waals surface area contributed by atoms with Crippen LogP contribution >= 0.6 is 0 Å². The lowest BCUT2D eigenvalue weighted by molar-refractivity contribution is -0.0748. The molecule has 22 heavy (non-hydrogen) atoms. The summed E-state index contributed by atoms with van der Waals surface area (Å²) in [6.45, 7) is 5.10. The van der Waals surface area contributed by atoms with Crippen LogP contribution in [0.25, 0.3) is 0 Å². The van der Waals surface area contributed by atoms with Crippen molar-refractivity contribution in [2.45, 2.75) is 50.7 Å². The Bertz CT molecular complexity index is 412. The molecule has 2 fully saturated rings. The summed E-state index contributed by atoms with van der Waals surface area (Å²) in [5, 5.41) is 0. The molecule has 3 rings (SSSR count). The van der Waals surface area contributed by atoms with Crippen molar-refractivity contribution in [1.82, 2.24) is 9.88 Å². The normalized spacial score (nSPS) is 24.5. The first kappa shape index (κ1) is 15.9. The SMILES string of the molecule is c1ccc(CCN2CCC(OCC3CCCCO3)CC2)nc1. The predicted molar refractivity (Wildman–Crippen MR) is 86.9 cm³/mol. The Morgan fingerprint density at radius 3 is 2.82 bits per heavy atom. The molecular formula is C18H28N2O2. The third-order valence-corrected chi connectivity index (χ3v) is 4.74. The molecule has 0 bridgehead atoms. The summed E-state index contributed by atoms with van der Waals surface area (Å²) < 4.78 is 11.8. The van der Waals surface area contributed by atoms with Crippen LogP contribution in [0.3, 0.4) is 0 Å². The number of nitrogens with zero attached hydrogens (tertiary/aromatic N) is 2. The van der Waals surface area contributed by atoms with Gasteiger partial charge in [-0.2, -0.15) is 0 Å². The monoisotopic (exact) mass is 304 g/mol. The highest BCUT2D eigenvalue weighted by Crippen LogP contribution is 2.18. The van der Waals surface area contributed by atoms with Crippen LogP contribution in [0, 0.1) is 0 Å². The number of pyridine rings is 1. The molecule has 1 unspecified atom stereocenters. The molecule has 4 heteroatoms. The van der Waals surface area contributed by atoms with Crippen molar-refractivity contribution in [2.75, 3.05) is 32.8 Å². The first-order valence-corrected chi connectivity index (χ1v) is 8.75. The molecule has 0 saturated carbocycles. The van der Waals surface area contributed by atoms with Crippen LogP contribution in [0.2, 0.25) is 0 Å². The number of ether oxygens (including phenoxy) is 2. The predicted octanol–water partition coefficient (Wildman–Crippen LogP) is 2.67. The zero-order chi connectivity index (χ0) is 15.0. The molecule has 0 amide bonds. The lowest BCUT2D eigenvalue weighted by Gasteiger charge is -2.33. The number of aromatic nitrogens is 1. The van der Waals surface area contributed by atoms with Gasteiger partial charge in [-0.1, -0.05) is 6.07 Å². The van der Waals surface area contributed by atoms with Gasteiger partial charge in [-0.15, -0.1) is 0 Å². The zero-order valence-electron chi connectivity index (χ0n) is 13.5. The number of hydrogen-bond donors (Lipinski definition) is 0. The summed E-state index contributed by atoms with van der Waals surface area (Å²) >= 11 is 0. The molecule has 122 valence electrons. The van der Waals surface area contributed by atoms with Gasteiger partial charge in [-0.25, -0.2) is 0 Å². The Labute approximate surface area is 133 Å². The Hall–Kier alpha value is -0.970. The van der Waals surface area contributed by atoms with Crippen molar-refractivity contribution in [3.63, 3.8) is 0 Å². The third-order valence-electron chi connectivity index (χ3n) is 4.74. The largest absolute Gasteiger partial charge is 0.376 e. The fourth-order valence-electron chi connectivity index (χ4n) is 3.30. The highest BCUT2D eigenvalue weighted by Gasteiger charge is 2.21.